The molecule has 0 amide bonds. The lowest BCUT2D eigenvalue weighted by Crippen LogP contribution is -2.08. The number of rotatable bonds is 20. The first-order chi connectivity index (χ1) is 20.1. The molecule has 3 nitrogen and oxygen atoms in total. The van der Waals surface area contributed by atoms with Gasteiger partial charge >= 0.3 is 5.97 Å². The second-order valence-electron chi connectivity index (χ2n) is 11.5. The van der Waals surface area contributed by atoms with Gasteiger partial charge in [-0.15, -0.1) is 0 Å². The number of ether oxygens (including phenoxy) is 2. The van der Waals surface area contributed by atoms with E-state index in [-0.39, 0.29) is 5.97 Å². The van der Waals surface area contributed by atoms with Crippen LogP contribution in [0.3, 0.4) is 0 Å². The summed E-state index contributed by atoms with van der Waals surface area (Å²) in [5.41, 5.74) is 4.00. The molecule has 3 aromatic rings. The summed E-state index contributed by atoms with van der Waals surface area (Å²) < 4.78 is 11.6. The molecule has 41 heavy (non-hydrogen) atoms. The molecule has 0 N–H and O–H groups in total. The SMILES string of the molecule is CCCCCCCCCCOc1ccc(-c2ccc(C(=O)Oc3ccc([C@H](C)CCCCCCC)cc3)cc2)cc1. The Labute approximate surface area is 249 Å². The topological polar surface area (TPSA) is 35.5 Å². The van der Waals surface area contributed by atoms with Gasteiger partial charge in [-0.3, -0.25) is 0 Å². The van der Waals surface area contributed by atoms with Crippen LogP contribution in [-0.4, -0.2) is 12.6 Å². The summed E-state index contributed by atoms with van der Waals surface area (Å²) in [5, 5.41) is 0. The van der Waals surface area contributed by atoms with E-state index < -0.39 is 0 Å². The molecular weight excluding hydrogens is 504 g/mol. The largest absolute Gasteiger partial charge is 0.494 e. The Morgan fingerprint density at radius 2 is 1.07 bits per heavy atom. The molecular formula is C38H52O3. The van der Waals surface area contributed by atoms with Gasteiger partial charge in [0.15, 0.2) is 0 Å². The van der Waals surface area contributed by atoms with Gasteiger partial charge in [0.25, 0.3) is 0 Å². The van der Waals surface area contributed by atoms with E-state index in [1.807, 2.05) is 48.5 Å². The number of esters is 1. The number of hydrogen-bond donors (Lipinski definition) is 0. The van der Waals surface area contributed by atoms with Gasteiger partial charge in [-0.25, -0.2) is 4.79 Å². The smallest absolute Gasteiger partial charge is 0.343 e. The van der Waals surface area contributed by atoms with Crippen LogP contribution in [0, 0.1) is 0 Å². The third kappa shape index (κ3) is 12.1. The van der Waals surface area contributed by atoms with Crippen molar-refractivity contribution in [3.05, 3.63) is 83.9 Å². The fraction of sp³-hybridized carbons (Fsp3) is 0.500. The molecule has 0 aromatic heterocycles. The fourth-order valence-corrected chi connectivity index (χ4v) is 5.22. The maximum Gasteiger partial charge on any atom is 0.343 e. The normalized spacial score (nSPS) is 11.8. The highest BCUT2D eigenvalue weighted by Gasteiger charge is 2.11. The van der Waals surface area contributed by atoms with E-state index in [1.54, 1.807) is 0 Å². The second-order valence-corrected chi connectivity index (χ2v) is 11.5. The molecule has 3 aromatic carbocycles. The molecule has 3 rings (SSSR count). The zero-order valence-corrected chi connectivity index (χ0v) is 25.8. The van der Waals surface area contributed by atoms with Crippen LogP contribution in [0.5, 0.6) is 11.5 Å². The molecule has 0 unspecified atom stereocenters. The monoisotopic (exact) mass is 556 g/mol. The summed E-state index contributed by atoms with van der Waals surface area (Å²) in [6.45, 7) is 7.56. The van der Waals surface area contributed by atoms with E-state index in [9.17, 15) is 4.79 Å². The molecule has 0 fully saturated rings. The molecule has 0 spiro atoms. The number of unbranched alkanes of at least 4 members (excludes halogenated alkanes) is 11. The van der Waals surface area contributed by atoms with Gasteiger partial charge in [0.2, 0.25) is 0 Å². The molecule has 0 aliphatic rings. The molecule has 0 saturated carbocycles. The Balaban J connectivity index is 1.40. The lowest BCUT2D eigenvalue weighted by atomic mass is 9.95. The predicted octanol–water partition coefficient (Wildman–Crippen LogP) is 11.6. The highest BCUT2D eigenvalue weighted by Crippen LogP contribution is 2.26. The van der Waals surface area contributed by atoms with Gasteiger partial charge in [0.05, 0.1) is 12.2 Å². The van der Waals surface area contributed by atoms with Gasteiger partial charge in [-0.1, -0.05) is 134 Å². The van der Waals surface area contributed by atoms with Crippen molar-refractivity contribution >= 4 is 5.97 Å². The molecule has 0 saturated heterocycles. The first-order valence-corrected chi connectivity index (χ1v) is 16.3. The van der Waals surface area contributed by atoms with Crippen molar-refractivity contribution in [3.8, 4) is 22.6 Å². The summed E-state index contributed by atoms with van der Waals surface area (Å²) in [6, 6.07) is 23.8. The molecule has 0 aliphatic carbocycles. The van der Waals surface area contributed by atoms with Crippen LogP contribution in [0.2, 0.25) is 0 Å². The van der Waals surface area contributed by atoms with Crippen molar-refractivity contribution < 1.29 is 14.3 Å². The Morgan fingerprint density at radius 3 is 1.66 bits per heavy atom. The summed E-state index contributed by atoms with van der Waals surface area (Å²) in [6.07, 6.45) is 18.1. The molecule has 0 bridgehead atoms. The summed E-state index contributed by atoms with van der Waals surface area (Å²) in [4.78, 5) is 12.7. The molecule has 0 heterocycles. The van der Waals surface area contributed by atoms with Crippen LogP contribution >= 0.6 is 0 Å². The lowest BCUT2D eigenvalue weighted by molar-refractivity contribution is 0.0734. The van der Waals surface area contributed by atoms with Crippen molar-refractivity contribution in [3.63, 3.8) is 0 Å². The predicted molar refractivity (Wildman–Crippen MR) is 173 cm³/mol. The Morgan fingerprint density at radius 1 is 0.585 bits per heavy atom. The van der Waals surface area contributed by atoms with Gasteiger partial charge < -0.3 is 9.47 Å². The lowest BCUT2D eigenvalue weighted by Gasteiger charge is -2.13. The van der Waals surface area contributed by atoms with E-state index in [2.05, 4.69) is 45.0 Å². The minimum Gasteiger partial charge on any atom is -0.494 e. The minimum absolute atomic E-state index is 0.335. The fourth-order valence-electron chi connectivity index (χ4n) is 5.22. The maximum absolute atomic E-state index is 12.7. The molecule has 0 radical (unpaired) electrons. The third-order valence-corrected chi connectivity index (χ3v) is 7.98. The zero-order valence-electron chi connectivity index (χ0n) is 25.8. The standard InChI is InChI=1S/C38H52O3/c1-4-6-8-10-11-12-14-16-30-40-36-26-24-34(25-27-36)33-18-20-35(21-19-33)38(39)41-37-28-22-32(23-29-37)31(3)17-15-13-9-7-5-2/h18-29,31H,4-17,30H2,1-3H3/t31-/m1/s1. The first-order valence-electron chi connectivity index (χ1n) is 16.3. The van der Waals surface area contributed by atoms with Crippen LogP contribution < -0.4 is 9.47 Å². The van der Waals surface area contributed by atoms with Crippen molar-refractivity contribution in [2.24, 2.45) is 0 Å². The third-order valence-electron chi connectivity index (χ3n) is 7.98. The van der Waals surface area contributed by atoms with Crippen LogP contribution in [0.15, 0.2) is 72.8 Å². The van der Waals surface area contributed by atoms with E-state index in [0.29, 0.717) is 17.2 Å². The van der Waals surface area contributed by atoms with E-state index >= 15 is 0 Å². The Hall–Kier alpha value is -3.07. The highest BCUT2D eigenvalue weighted by atomic mass is 16.5. The van der Waals surface area contributed by atoms with Crippen LogP contribution in [0.4, 0.5) is 0 Å². The minimum atomic E-state index is -0.335. The van der Waals surface area contributed by atoms with Crippen LogP contribution in [-0.2, 0) is 0 Å². The number of benzene rings is 3. The molecule has 0 aliphatic heterocycles. The summed E-state index contributed by atoms with van der Waals surface area (Å²) >= 11 is 0. The average molecular weight is 557 g/mol. The van der Waals surface area contributed by atoms with Crippen LogP contribution in [0.25, 0.3) is 11.1 Å². The number of hydrogen-bond acceptors (Lipinski definition) is 3. The Kier molecular flexibility index (Phi) is 15.1. The average Bonchev–Trinajstić information content (AvgIpc) is 3.01. The van der Waals surface area contributed by atoms with Gasteiger partial charge in [0, 0.05) is 0 Å². The summed E-state index contributed by atoms with van der Waals surface area (Å²) in [5.74, 6) is 1.67. The maximum atomic E-state index is 12.7. The van der Waals surface area contributed by atoms with Crippen molar-refractivity contribution in [1.82, 2.24) is 0 Å². The molecule has 1 atom stereocenters. The van der Waals surface area contributed by atoms with E-state index in [4.69, 9.17) is 9.47 Å². The van der Waals surface area contributed by atoms with Crippen molar-refractivity contribution in [1.29, 1.82) is 0 Å². The van der Waals surface area contributed by atoms with Crippen molar-refractivity contribution in [2.75, 3.05) is 6.61 Å². The molecule has 3 heteroatoms. The Bertz CT molecular complexity index is 1100. The van der Waals surface area contributed by atoms with Crippen LogP contribution in [0.1, 0.15) is 133 Å². The number of carbonyl (C=O) groups is 1. The second kappa shape index (κ2) is 19.1. The van der Waals surface area contributed by atoms with Gasteiger partial charge in [0.1, 0.15) is 11.5 Å². The highest BCUT2D eigenvalue weighted by molar-refractivity contribution is 5.91. The number of carbonyl (C=O) groups excluding carboxylic acids is 1. The molecule has 222 valence electrons. The quantitative estimate of drug-likeness (QED) is 0.0788. The van der Waals surface area contributed by atoms with Crippen molar-refractivity contribution in [2.45, 2.75) is 117 Å². The van der Waals surface area contributed by atoms with Gasteiger partial charge in [-0.2, -0.15) is 0 Å². The van der Waals surface area contributed by atoms with E-state index in [1.165, 1.54) is 89.0 Å². The van der Waals surface area contributed by atoms with E-state index in [0.717, 1.165) is 29.9 Å². The zero-order chi connectivity index (χ0) is 29.1. The van der Waals surface area contributed by atoms with Gasteiger partial charge in [-0.05, 0) is 71.8 Å². The summed E-state index contributed by atoms with van der Waals surface area (Å²) in [7, 11) is 0. The first kappa shape index (κ1) is 32.4.